The monoisotopic (exact) mass is 280 g/mol. The zero-order valence-corrected chi connectivity index (χ0v) is 11.4. The number of piperidine rings is 1. The number of aromatic nitrogens is 2. The summed E-state index contributed by atoms with van der Waals surface area (Å²) in [7, 11) is 0. The molecular formula is C13H20N4O3. The van der Waals surface area contributed by atoms with Gasteiger partial charge in [0, 0.05) is 38.6 Å². The van der Waals surface area contributed by atoms with Gasteiger partial charge in [0.15, 0.2) is 0 Å². The van der Waals surface area contributed by atoms with E-state index in [2.05, 4.69) is 10.3 Å². The number of aryl methyl sites for hydroxylation is 1. The number of urea groups is 1. The van der Waals surface area contributed by atoms with Crippen LogP contribution in [-0.4, -0.2) is 51.2 Å². The summed E-state index contributed by atoms with van der Waals surface area (Å²) in [5.74, 6) is -1.06. The molecule has 1 aromatic rings. The molecule has 0 aliphatic carbocycles. The summed E-state index contributed by atoms with van der Waals surface area (Å²) >= 11 is 0. The van der Waals surface area contributed by atoms with Crippen LogP contribution in [0, 0.1) is 5.92 Å². The highest BCUT2D eigenvalue weighted by molar-refractivity contribution is 5.75. The van der Waals surface area contributed by atoms with Crippen LogP contribution in [0.2, 0.25) is 0 Å². The number of rotatable bonds is 5. The van der Waals surface area contributed by atoms with Crippen LogP contribution < -0.4 is 5.32 Å². The number of aliphatic carboxylic acids is 1. The first kappa shape index (κ1) is 14.4. The van der Waals surface area contributed by atoms with Crippen LogP contribution in [0.4, 0.5) is 4.79 Å². The molecule has 0 radical (unpaired) electrons. The number of nitrogens with one attached hydrogen (secondary N) is 1. The van der Waals surface area contributed by atoms with Crippen molar-refractivity contribution >= 4 is 12.0 Å². The molecule has 2 amide bonds. The third kappa shape index (κ3) is 3.97. The average molecular weight is 280 g/mol. The second kappa shape index (κ2) is 6.93. The minimum Gasteiger partial charge on any atom is -0.481 e. The molecule has 2 N–H and O–H groups in total. The van der Waals surface area contributed by atoms with Crippen LogP contribution in [0.3, 0.4) is 0 Å². The fourth-order valence-electron chi connectivity index (χ4n) is 2.32. The lowest BCUT2D eigenvalue weighted by atomic mass is 9.97. The van der Waals surface area contributed by atoms with Gasteiger partial charge in [-0.3, -0.25) is 4.79 Å². The van der Waals surface area contributed by atoms with Gasteiger partial charge >= 0.3 is 12.0 Å². The maximum Gasteiger partial charge on any atom is 0.317 e. The van der Waals surface area contributed by atoms with Gasteiger partial charge in [-0.05, 0) is 19.3 Å². The largest absolute Gasteiger partial charge is 0.481 e. The molecule has 1 aromatic heterocycles. The van der Waals surface area contributed by atoms with Crippen LogP contribution in [0.1, 0.15) is 19.3 Å². The topological polar surface area (TPSA) is 87.5 Å². The quantitative estimate of drug-likeness (QED) is 0.780. The van der Waals surface area contributed by atoms with E-state index in [1.807, 2.05) is 10.8 Å². The molecule has 0 unspecified atom stereocenters. The normalized spacial score (nSPS) is 16.1. The number of carboxylic acid groups (broad SMARTS) is 1. The van der Waals surface area contributed by atoms with Crippen molar-refractivity contribution < 1.29 is 14.7 Å². The minimum absolute atomic E-state index is 0.0977. The lowest BCUT2D eigenvalue weighted by Gasteiger charge is -2.30. The van der Waals surface area contributed by atoms with Crippen molar-refractivity contribution in [1.29, 1.82) is 0 Å². The van der Waals surface area contributed by atoms with E-state index in [1.165, 1.54) is 0 Å². The zero-order valence-electron chi connectivity index (χ0n) is 11.4. The maximum absolute atomic E-state index is 11.9. The fourth-order valence-corrected chi connectivity index (χ4v) is 2.32. The van der Waals surface area contributed by atoms with E-state index in [9.17, 15) is 9.59 Å². The van der Waals surface area contributed by atoms with Crippen molar-refractivity contribution in [1.82, 2.24) is 19.8 Å². The first-order valence-electron chi connectivity index (χ1n) is 6.88. The van der Waals surface area contributed by atoms with E-state index in [0.717, 1.165) is 13.0 Å². The van der Waals surface area contributed by atoms with Crippen molar-refractivity contribution in [2.75, 3.05) is 19.6 Å². The van der Waals surface area contributed by atoms with Crippen molar-refractivity contribution in [2.24, 2.45) is 5.92 Å². The van der Waals surface area contributed by atoms with E-state index in [1.54, 1.807) is 17.4 Å². The number of hydrogen-bond acceptors (Lipinski definition) is 3. The van der Waals surface area contributed by atoms with Crippen LogP contribution in [0.5, 0.6) is 0 Å². The molecule has 2 rings (SSSR count). The molecule has 0 saturated carbocycles. The Labute approximate surface area is 117 Å². The number of nitrogens with zero attached hydrogens (tertiary/aromatic N) is 3. The molecule has 0 bridgehead atoms. The zero-order chi connectivity index (χ0) is 14.4. The molecule has 1 aliphatic rings. The van der Waals surface area contributed by atoms with Crippen LogP contribution in [0.25, 0.3) is 0 Å². The molecule has 1 aliphatic heterocycles. The predicted molar refractivity (Wildman–Crippen MR) is 72.2 cm³/mol. The molecule has 7 heteroatoms. The third-order valence-electron chi connectivity index (χ3n) is 3.56. The van der Waals surface area contributed by atoms with Gasteiger partial charge in [-0.1, -0.05) is 0 Å². The fraction of sp³-hybridized carbons (Fsp3) is 0.615. The molecule has 1 fully saturated rings. The molecule has 2 heterocycles. The number of imidazole rings is 1. The van der Waals surface area contributed by atoms with E-state index < -0.39 is 5.97 Å². The third-order valence-corrected chi connectivity index (χ3v) is 3.56. The Hall–Kier alpha value is -2.05. The summed E-state index contributed by atoms with van der Waals surface area (Å²) in [6.45, 7) is 2.46. The van der Waals surface area contributed by atoms with Gasteiger partial charge < -0.3 is 19.9 Å². The highest BCUT2D eigenvalue weighted by Gasteiger charge is 2.26. The predicted octanol–water partition coefficient (Wildman–Crippen LogP) is 0.779. The number of amides is 2. The smallest absolute Gasteiger partial charge is 0.317 e. The number of likely N-dealkylation sites (tertiary alicyclic amines) is 1. The van der Waals surface area contributed by atoms with E-state index in [0.29, 0.717) is 32.5 Å². The Kier molecular flexibility index (Phi) is 4.97. The SMILES string of the molecule is O=C(O)C1CCN(C(=O)NCCCn2ccnc2)CC1. The Morgan fingerprint density at radius 2 is 2.10 bits per heavy atom. The molecule has 20 heavy (non-hydrogen) atoms. The first-order valence-corrected chi connectivity index (χ1v) is 6.88. The van der Waals surface area contributed by atoms with Crippen LogP contribution in [0.15, 0.2) is 18.7 Å². The molecule has 0 aromatic carbocycles. The van der Waals surface area contributed by atoms with Gasteiger partial charge in [-0.15, -0.1) is 0 Å². The van der Waals surface area contributed by atoms with E-state index >= 15 is 0 Å². The number of carbonyl (C=O) groups is 2. The molecule has 0 spiro atoms. The standard InChI is InChI=1S/C13H20N4O3/c18-12(19)11-2-7-17(8-3-11)13(20)15-4-1-6-16-9-5-14-10-16/h5,9-11H,1-4,6-8H2,(H,15,20)(H,18,19). The van der Waals surface area contributed by atoms with Gasteiger partial charge in [0.25, 0.3) is 0 Å². The summed E-state index contributed by atoms with van der Waals surface area (Å²) in [6, 6.07) is -0.0977. The van der Waals surface area contributed by atoms with E-state index in [-0.39, 0.29) is 11.9 Å². The summed E-state index contributed by atoms with van der Waals surface area (Å²) < 4.78 is 1.96. The second-order valence-corrected chi connectivity index (χ2v) is 4.99. The molecule has 0 atom stereocenters. The molecular weight excluding hydrogens is 260 g/mol. The summed E-state index contributed by atoms with van der Waals surface area (Å²) in [5.41, 5.74) is 0. The van der Waals surface area contributed by atoms with Gasteiger partial charge in [0.2, 0.25) is 0 Å². The van der Waals surface area contributed by atoms with Gasteiger partial charge in [0.05, 0.1) is 12.2 Å². The summed E-state index contributed by atoms with van der Waals surface area (Å²) in [6.07, 6.45) is 7.28. The van der Waals surface area contributed by atoms with Crippen molar-refractivity contribution in [3.8, 4) is 0 Å². The Morgan fingerprint density at radius 1 is 1.35 bits per heavy atom. The van der Waals surface area contributed by atoms with E-state index in [4.69, 9.17) is 5.11 Å². The Bertz CT molecular complexity index is 438. The van der Waals surface area contributed by atoms with Crippen LogP contribution >= 0.6 is 0 Å². The van der Waals surface area contributed by atoms with Crippen molar-refractivity contribution in [3.05, 3.63) is 18.7 Å². The van der Waals surface area contributed by atoms with Crippen molar-refractivity contribution in [2.45, 2.75) is 25.8 Å². The Morgan fingerprint density at radius 3 is 2.70 bits per heavy atom. The Balaban J connectivity index is 1.62. The molecule has 7 nitrogen and oxygen atoms in total. The molecule has 110 valence electrons. The number of hydrogen-bond donors (Lipinski definition) is 2. The van der Waals surface area contributed by atoms with Gasteiger partial charge in [0.1, 0.15) is 0 Å². The van der Waals surface area contributed by atoms with Crippen molar-refractivity contribution in [3.63, 3.8) is 0 Å². The minimum atomic E-state index is -0.759. The summed E-state index contributed by atoms with van der Waals surface area (Å²) in [5, 5.41) is 11.8. The van der Waals surface area contributed by atoms with Gasteiger partial charge in [-0.25, -0.2) is 9.78 Å². The summed E-state index contributed by atoms with van der Waals surface area (Å²) in [4.78, 5) is 28.4. The average Bonchev–Trinajstić information content (AvgIpc) is 2.96. The van der Waals surface area contributed by atoms with Crippen LogP contribution in [-0.2, 0) is 11.3 Å². The second-order valence-electron chi connectivity index (χ2n) is 4.99. The highest BCUT2D eigenvalue weighted by Crippen LogP contribution is 2.17. The lowest BCUT2D eigenvalue weighted by molar-refractivity contribution is -0.143. The first-order chi connectivity index (χ1) is 9.66. The maximum atomic E-state index is 11.9. The molecule has 1 saturated heterocycles. The number of carboxylic acids is 1. The highest BCUT2D eigenvalue weighted by atomic mass is 16.4. The number of carbonyl (C=O) groups excluding carboxylic acids is 1. The lowest BCUT2D eigenvalue weighted by Crippen LogP contribution is -2.45. The van der Waals surface area contributed by atoms with Gasteiger partial charge in [-0.2, -0.15) is 0 Å².